The summed E-state index contributed by atoms with van der Waals surface area (Å²) in [6.07, 6.45) is -2.46. The first kappa shape index (κ1) is 11.6. The van der Waals surface area contributed by atoms with Crippen molar-refractivity contribution in [2.75, 3.05) is 7.11 Å². The number of halogens is 3. The Morgan fingerprint density at radius 1 is 1.40 bits per heavy atom. The summed E-state index contributed by atoms with van der Waals surface area (Å²) in [5, 5.41) is 0. The van der Waals surface area contributed by atoms with E-state index in [-0.39, 0.29) is 17.9 Å². The van der Waals surface area contributed by atoms with Gasteiger partial charge in [0.15, 0.2) is 11.5 Å². The van der Waals surface area contributed by atoms with Gasteiger partial charge in [0.1, 0.15) is 0 Å². The van der Waals surface area contributed by atoms with Crippen LogP contribution in [0.15, 0.2) is 12.4 Å². The van der Waals surface area contributed by atoms with Crippen molar-refractivity contribution < 1.29 is 22.6 Å². The van der Waals surface area contributed by atoms with Crippen LogP contribution in [0.4, 0.5) is 13.2 Å². The van der Waals surface area contributed by atoms with Crippen molar-refractivity contribution in [3.05, 3.63) is 18.0 Å². The fourth-order valence-electron chi connectivity index (χ4n) is 0.993. The van der Waals surface area contributed by atoms with Gasteiger partial charge in [-0.1, -0.05) is 0 Å². The number of nitrogens with two attached hydrogens (primary N) is 1. The number of nitrogens with zero attached hydrogens (tertiary/aromatic N) is 1. The third-order valence-electron chi connectivity index (χ3n) is 1.60. The number of hydrogen-bond acceptors (Lipinski definition) is 4. The third-order valence-corrected chi connectivity index (χ3v) is 1.60. The maximum absolute atomic E-state index is 12.0. The highest BCUT2D eigenvalue weighted by Gasteiger charge is 2.33. The van der Waals surface area contributed by atoms with Crippen LogP contribution >= 0.6 is 0 Å². The lowest BCUT2D eigenvalue weighted by molar-refractivity contribution is -0.275. The SMILES string of the molecule is COc1cncc(CN)c1OC(F)(F)F. The Balaban J connectivity index is 3.11. The van der Waals surface area contributed by atoms with Crippen molar-refractivity contribution in [2.45, 2.75) is 12.9 Å². The number of ether oxygens (including phenoxy) is 2. The molecule has 0 saturated heterocycles. The standard InChI is InChI=1S/C8H9F3N2O2/c1-14-6-4-13-3-5(2-12)7(6)15-8(9,10)11/h3-4H,2,12H2,1H3. The minimum atomic E-state index is -4.78. The van der Waals surface area contributed by atoms with Gasteiger partial charge in [-0.3, -0.25) is 4.98 Å². The van der Waals surface area contributed by atoms with Crippen LogP contribution in [0.2, 0.25) is 0 Å². The zero-order valence-electron chi connectivity index (χ0n) is 7.84. The van der Waals surface area contributed by atoms with Crippen LogP contribution in [0, 0.1) is 0 Å². The van der Waals surface area contributed by atoms with Crippen LogP contribution in [0.25, 0.3) is 0 Å². The molecule has 4 nitrogen and oxygen atoms in total. The molecule has 1 aromatic rings. The van der Waals surface area contributed by atoms with Gasteiger partial charge in [0.25, 0.3) is 0 Å². The Hall–Kier alpha value is -1.50. The lowest BCUT2D eigenvalue weighted by Gasteiger charge is -2.14. The summed E-state index contributed by atoms with van der Waals surface area (Å²) < 4.78 is 44.6. The van der Waals surface area contributed by atoms with Crippen molar-refractivity contribution in [1.82, 2.24) is 4.98 Å². The smallest absolute Gasteiger partial charge is 0.491 e. The Labute approximate surface area is 83.8 Å². The summed E-state index contributed by atoms with van der Waals surface area (Å²) in [7, 11) is 1.22. The van der Waals surface area contributed by atoms with Gasteiger partial charge in [-0.05, 0) is 0 Å². The second-order valence-electron chi connectivity index (χ2n) is 2.58. The number of methoxy groups -OCH3 is 1. The largest absolute Gasteiger partial charge is 0.573 e. The molecule has 7 heteroatoms. The summed E-state index contributed by atoms with van der Waals surface area (Å²) in [6, 6.07) is 0. The average Bonchev–Trinajstić information content (AvgIpc) is 2.16. The molecule has 84 valence electrons. The van der Waals surface area contributed by atoms with Crippen LogP contribution in [0.5, 0.6) is 11.5 Å². The fourth-order valence-corrected chi connectivity index (χ4v) is 0.993. The van der Waals surface area contributed by atoms with Crippen LogP contribution in [-0.4, -0.2) is 18.5 Å². The molecule has 0 aliphatic rings. The molecule has 1 aromatic heterocycles. The van der Waals surface area contributed by atoms with Gasteiger partial charge >= 0.3 is 6.36 Å². The van der Waals surface area contributed by atoms with E-state index in [0.29, 0.717) is 0 Å². The predicted molar refractivity (Wildman–Crippen MR) is 45.4 cm³/mol. The molecule has 1 heterocycles. The van der Waals surface area contributed by atoms with Gasteiger partial charge in [-0.2, -0.15) is 0 Å². The molecule has 0 fully saturated rings. The number of rotatable bonds is 3. The third kappa shape index (κ3) is 2.98. The molecule has 0 atom stereocenters. The maximum atomic E-state index is 12.0. The topological polar surface area (TPSA) is 57.4 Å². The fraction of sp³-hybridized carbons (Fsp3) is 0.375. The molecule has 0 saturated carbocycles. The zero-order valence-corrected chi connectivity index (χ0v) is 7.84. The van der Waals surface area contributed by atoms with Crippen molar-refractivity contribution in [2.24, 2.45) is 5.73 Å². The van der Waals surface area contributed by atoms with Crippen molar-refractivity contribution >= 4 is 0 Å². The average molecular weight is 222 g/mol. The molecule has 0 amide bonds. The van der Waals surface area contributed by atoms with Crippen LogP contribution in [-0.2, 0) is 6.54 Å². The molecule has 0 aliphatic heterocycles. The van der Waals surface area contributed by atoms with Gasteiger partial charge in [0.2, 0.25) is 0 Å². The van der Waals surface area contributed by atoms with E-state index in [0.717, 1.165) is 6.20 Å². The van der Waals surface area contributed by atoms with E-state index in [4.69, 9.17) is 10.5 Å². The van der Waals surface area contributed by atoms with Crippen molar-refractivity contribution in [3.8, 4) is 11.5 Å². The molecule has 2 N–H and O–H groups in total. The molecule has 0 spiro atoms. The quantitative estimate of drug-likeness (QED) is 0.840. The van der Waals surface area contributed by atoms with Crippen LogP contribution < -0.4 is 15.2 Å². The van der Waals surface area contributed by atoms with Gasteiger partial charge in [-0.15, -0.1) is 13.2 Å². The monoisotopic (exact) mass is 222 g/mol. The molecule has 0 bridgehead atoms. The molecule has 0 radical (unpaired) electrons. The molecule has 0 aliphatic carbocycles. The summed E-state index contributed by atoms with van der Waals surface area (Å²) in [4.78, 5) is 3.66. The maximum Gasteiger partial charge on any atom is 0.573 e. The Kier molecular flexibility index (Phi) is 3.35. The second-order valence-corrected chi connectivity index (χ2v) is 2.58. The first-order valence-corrected chi connectivity index (χ1v) is 3.94. The number of hydrogen-bond donors (Lipinski definition) is 1. The van der Waals surface area contributed by atoms with E-state index in [9.17, 15) is 13.2 Å². The van der Waals surface area contributed by atoms with Gasteiger partial charge in [0.05, 0.1) is 13.3 Å². The van der Waals surface area contributed by atoms with E-state index in [1.165, 1.54) is 13.3 Å². The van der Waals surface area contributed by atoms with Crippen molar-refractivity contribution in [3.63, 3.8) is 0 Å². The van der Waals surface area contributed by atoms with Crippen LogP contribution in [0.3, 0.4) is 0 Å². The van der Waals surface area contributed by atoms with E-state index in [2.05, 4.69) is 9.72 Å². The zero-order chi connectivity index (χ0) is 11.5. The lowest BCUT2D eigenvalue weighted by Crippen LogP contribution is -2.19. The number of aromatic nitrogens is 1. The number of alkyl halides is 3. The van der Waals surface area contributed by atoms with Gasteiger partial charge in [0, 0.05) is 18.3 Å². The second kappa shape index (κ2) is 4.35. The Bertz CT molecular complexity index is 319. The molecule has 0 aromatic carbocycles. The Morgan fingerprint density at radius 3 is 2.53 bits per heavy atom. The summed E-state index contributed by atoms with van der Waals surface area (Å²) >= 11 is 0. The van der Waals surface area contributed by atoms with E-state index < -0.39 is 12.1 Å². The molecular formula is C8H9F3N2O2. The molecule has 15 heavy (non-hydrogen) atoms. The van der Waals surface area contributed by atoms with Crippen LogP contribution in [0.1, 0.15) is 5.56 Å². The highest BCUT2D eigenvalue weighted by molar-refractivity contribution is 5.43. The van der Waals surface area contributed by atoms with E-state index in [1.54, 1.807) is 0 Å². The van der Waals surface area contributed by atoms with Gasteiger partial charge < -0.3 is 15.2 Å². The van der Waals surface area contributed by atoms with E-state index >= 15 is 0 Å². The molecular weight excluding hydrogens is 213 g/mol. The minimum absolute atomic E-state index is 0.102. The predicted octanol–water partition coefficient (Wildman–Crippen LogP) is 1.45. The van der Waals surface area contributed by atoms with Gasteiger partial charge in [-0.25, -0.2) is 0 Å². The minimum Gasteiger partial charge on any atom is -0.491 e. The first-order chi connectivity index (χ1) is 6.98. The summed E-state index contributed by atoms with van der Waals surface area (Å²) in [5.41, 5.74) is 5.38. The highest BCUT2D eigenvalue weighted by atomic mass is 19.4. The molecule has 0 unspecified atom stereocenters. The number of pyridine rings is 1. The summed E-state index contributed by atoms with van der Waals surface area (Å²) in [6.45, 7) is -0.115. The highest BCUT2D eigenvalue weighted by Crippen LogP contribution is 2.34. The molecule has 1 rings (SSSR count). The van der Waals surface area contributed by atoms with Crippen molar-refractivity contribution in [1.29, 1.82) is 0 Å². The normalized spacial score (nSPS) is 11.3. The Morgan fingerprint density at radius 2 is 2.07 bits per heavy atom. The summed E-state index contributed by atoms with van der Waals surface area (Å²) in [5.74, 6) is -0.544. The lowest BCUT2D eigenvalue weighted by atomic mass is 10.2. The van der Waals surface area contributed by atoms with E-state index in [1.807, 2.05) is 0 Å². The first-order valence-electron chi connectivity index (χ1n) is 3.94.